The van der Waals surface area contributed by atoms with E-state index < -0.39 is 21.5 Å². The standard InChI is InChI=1S/C22H29NO4S/c1-2-3-9-14-28(25,26)18-22(24)23-15-20-12-7-8-13-21(20)17-27-16-19-10-5-4-6-11-19/h4-8,10-13H,2-3,9,14-18H2,1H3,(H,23,24). The number of ether oxygens (including phenoxy) is 1. The van der Waals surface area contributed by atoms with Crippen molar-refractivity contribution >= 4 is 15.7 Å². The van der Waals surface area contributed by atoms with Crippen molar-refractivity contribution in [3.8, 4) is 0 Å². The summed E-state index contributed by atoms with van der Waals surface area (Å²) in [5.41, 5.74) is 3.00. The van der Waals surface area contributed by atoms with Crippen molar-refractivity contribution < 1.29 is 17.9 Å². The molecule has 0 bridgehead atoms. The van der Waals surface area contributed by atoms with Gasteiger partial charge in [-0.1, -0.05) is 74.4 Å². The van der Waals surface area contributed by atoms with Gasteiger partial charge in [-0.05, 0) is 23.1 Å². The highest BCUT2D eigenvalue weighted by Gasteiger charge is 2.16. The maximum atomic E-state index is 12.1. The second-order valence-corrected chi connectivity index (χ2v) is 9.01. The quantitative estimate of drug-likeness (QED) is 0.549. The fourth-order valence-electron chi connectivity index (χ4n) is 2.81. The van der Waals surface area contributed by atoms with Gasteiger partial charge in [-0.2, -0.15) is 0 Å². The summed E-state index contributed by atoms with van der Waals surface area (Å²) >= 11 is 0. The molecule has 0 heterocycles. The summed E-state index contributed by atoms with van der Waals surface area (Å²) in [4.78, 5) is 12.1. The van der Waals surface area contributed by atoms with Gasteiger partial charge in [0.05, 0.1) is 19.0 Å². The minimum absolute atomic E-state index is 0.0676. The highest BCUT2D eigenvalue weighted by molar-refractivity contribution is 7.92. The van der Waals surface area contributed by atoms with Gasteiger partial charge in [-0.3, -0.25) is 4.79 Å². The van der Waals surface area contributed by atoms with Gasteiger partial charge in [-0.15, -0.1) is 0 Å². The van der Waals surface area contributed by atoms with Crippen LogP contribution < -0.4 is 5.32 Å². The predicted molar refractivity (Wildman–Crippen MR) is 111 cm³/mol. The molecule has 0 aliphatic heterocycles. The third-order valence-corrected chi connectivity index (χ3v) is 5.99. The highest BCUT2D eigenvalue weighted by Crippen LogP contribution is 2.12. The predicted octanol–water partition coefficient (Wildman–Crippen LogP) is 3.62. The molecule has 28 heavy (non-hydrogen) atoms. The Balaban J connectivity index is 1.82. The van der Waals surface area contributed by atoms with E-state index in [2.05, 4.69) is 5.32 Å². The molecule has 2 rings (SSSR count). The van der Waals surface area contributed by atoms with E-state index in [4.69, 9.17) is 4.74 Å². The van der Waals surface area contributed by atoms with Gasteiger partial charge < -0.3 is 10.1 Å². The first kappa shape index (κ1) is 22.1. The summed E-state index contributed by atoms with van der Waals surface area (Å²) in [5.74, 6) is -0.849. The molecule has 0 atom stereocenters. The number of amides is 1. The molecular formula is C22H29NO4S. The smallest absolute Gasteiger partial charge is 0.235 e. The van der Waals surface area contributed by atoms with Crippen LogP contribution in [0.15, 0.2) is 54.6 Å². The van der Waals surface area contributed by atoms with Gasteiger partial charge in [0.2, 0.25) is 5.91 Å². The Morgan fingerprint density at radius 2 is 1.61 bits per heavy atom. The summed E-state index contributed by atoms with van der Waals surface area (Å²) in [6.07, 6.45) is 2.41. The molecule has 0 saturated carbocycles. The lowest BCUT2D eigenvalue weighted by Crippen LogP contribution is -2.31. The highest BCUT2D eigenvalue weighted by atomic mass is 32.2. The first-order valence-corrected chi connectivity index (χ1v) is 11.5. The normalized spacial score (nSPS) is 11.3. The molecule has 2 aromatic rings. The zero-order valence-electron chi connectivity index (χ0n) is 16.4. The molecule has 152 valence electrons. The number of nitrogens with one attached hydrogen (secondary N) is 1. The monoisotopic (exact) mass is 403 g/mol. The van der Waals surface area contributed by atoms with E-state index in [1.807, 2.05) is 61.5 Å². The Morgan fingerprint density at radius 3 is 2.32 bits per heavy atom. The van der Waals surface area contributed by atoms with Crippen LogP contribution in [-0.2, 0) is 39.1 Å². The molecule has 6 heteroatoms. The number of carbonyl (C=O) groups excluding carboxylic acids is 1. The number of rotatable bonds is 12. The van der Waals surface area contributed by atoms with Gasteiger partial charge >= 0.3 is 0 Å². The Hall–Kier alpha value is -2.18. The number of sulfone groups is 1. The van der Waals surface area contributed by atoms with E-state index in [0.29, 0.717) is 19.6 Å². The van der Waals surface area contributed by atoms with Crippen LogP contribution in [0.3, 0.4) is 0 Å². The van der Waals surface area contributed by atoms with Gasteiger partial charge in [0, 0.05) is 6.54 Å². The lowest BCUT2D eigenvalue weighted by Gasteiger charge is -2.12. The maximum Gasteiger partial charge on any atom is 0.235 e. The van der Waals surface area contributed by atoms with Crippen LogP contribution in [0.5, 0.6) is 0 Å². The Labute approximate surface area is 168 Å². The first-order chi connectivity index (χ1) is 13.5. The van der Waals surface area contributed by atoms with Crippen LogP contribution in [0, 0.1) is 0 Å². The van der Waals surface area contributed by atoms with Crippen molar-refractivity contribution in [3.63, 3.8) is 0 Å². The number of carbonyl (C=O) groups is 1. The maximum absolute atomic E-state index is 12.1. The zero-order valence-corrected chi connectivity index (χ0v) is 17.2. The zero-order chi connectivity index (χ0) is 20.2. The molecule has 0 fully saturated rings. The Bertz CT molecular complexity index is 835. The molecule has 0 saturated heterocycles. The minimum Gasteiger partial charge on any atom is -0.372 e. The topological polar surface area (TPSA) is 72.5 Å². The van der Waals surface area contributed by atoms with Crippen LogP contribution in [0.4, 0.5) is 0 Å². The fourth-order valence-corrected chi connectivity index (χ4v) is 4.10. The van der Waals surface area contributed by atoms with Crippen LogP contribution >= 0.6 is 0 Å². The summed E-state index contributed by atoms with van der Waals surface area (Å²) in [6.45, 7) is 3.24. The van der Waals surface area contributed by atoms with E-state index in [1.165, 1.54) is 0 Å². The van der Waals surface area contributed by atoms with E-state index >= 15 is 0 Å². The average Bonchev–Trinajstić information content (AvgIpc) is 2.68. The van der Waals surface area contributed by atoms with Crippen LogP contribution in [-0.4, -0.2) is 25.8 Å². The number of unbranched alkanes of at least 4 members (excludes halogenated alkanes) is 2. The van der Waals surface area contributed by atoms with E-state index in [9.17, 15) is 13.2 Å². The SMILES string of the molecule is CCCCCS(=O)(=O)CC(=O)NCc1ccccc1COCc1ccccc1. The van der Waals surface area contributed by atoms with E-state index in [-0.39, 0.29) is 12.3 Å². The molecule has 0 aliphatic rings. The number of hydrogen-bond acceptors (Lipinski definition) is 4. The van der Waals surface area contributed by atoms with Crippen molar-refractivity contribution in [2.24, 2.45) is 0 Å². The van der Waals surface area contributed by atoms with E-state index in [1.54, 1.807) is 0 Å². The van der Waals surface area contributed by atoms with Gasteiger partial charge in [0.15, 0.2) is 9.84 Å². The van der Waals surface area contributed by atoms with Crippen molar-refractivity contribution in [2.75, 3.05) is 11.5 Å². The van der Waals surface area contributed by atoms with E-state index in [0.717, 1.165) is 29.5 Å². The minimum atomic E-state index is -3.35. The molecule has 2 aromatic carbocycles. The molecular weight excluding hydrogens is 374 g/mol. The summed E-state index contributed by atoms with van der Waals surface area (Å²) in [7, 11) is -3.35. The summed E-state index contributed by atoms with van der Waals surface area (Å²) in [6, 6.07) is 17.6. The lowest BCUT2D eigenvalue weighted by molar-refractivity contribution is -0.118. The average molecular weight is 404 g/mol. The third kappa shape index (κ3) is 8.23. The Kier molecular flexibility index (Phi) is 9.17. The fraction of sp³-hybridized carbons (Fsp3) is 0.409. The van der Waals surface area contributed by atoms with Crippen molar-refractivity contribution in [1.82, 2.24) is 5.32 Å². The lowest BCUT2D eigenvalue weighted by atomic mass is 10.1. The summed E-state index contributed by atoms with van der Waals surface area (Å²) in [5, 5.41) is 2.72. The second-order valence-electron chi connectivity index (χ2n) is 6.82. The molecule has 1 amide bonds. The molecule has 1 N–H and O–H groups in total. The largest absolute Gasteiger partial charge is 0.372 e. The van der Waals surface area contributed by atoms with Crippen molar-refractivity contribution in [3.05, 3.63) is 71.3 Å². The first-order valence-electron chi connectivity index (χ1n) is 9.66. The van der Waals surface area contributed by atoms with Gasteiger partial charge in [0.25, 0.3) is 0 Å². The number of benzene rings is 2. The molecule has 0 aliphatic carbocycles. The molecule has 0 spiro atoms. The van der Waals surface area contributed by atoms with Crippen LogP contribution in [0.1, 0.15) is 42.9 Å². The molecule has 5 nitrogen and oxygen atoms in total. The van der Waals surface area contributed by atoms with Gasteiger partial charge in [0.1, 0.15) is 5.75 Å². The Morgan fingerprint density at radius 1 is 0.929 bits per heavy atom. The second kappa shape index (κ2) is 11.6. The molecule has 0 aromatic heterocycles. The van der Waals surface area contributed by atoms with Crippen LogP contribution in [0.2, 0.25) is 0 Å². The van der Waals surface area contributed by atoms with Crippen molar-refractivity contribution in [2.45, 2.75) is 45.9 Å². The third-order valence-electron chi connectivity index (χ3n) is 4.37. The van der Waals surface area contributed by atoms with Crippen LogP contribution in [0.25, 0.3) is 0 Å². The number of hydrogen-bond donors (Lipinski definition) is 1. The summed E-state index contributed by atoms with van der Waals surface area (Å²) < 4.78 is 29.8. The molecule has 0 radical (unpaired) electrons. The molecule has 0 unspecified atom stereocenters. The van der Waals surface area contributed by atoms with Crippen molar-refractivity contribution in [1.29, 1.82) is 0 Å². The van der Waals surface area contributed by atoms with Gasteiger partial charge in [-0.25, -0.2) is 8.42 Å².